The molecular weight excluding hydrogens is 246 g/mol. The minimum atomic E-state index is -1.88. The van der Waals surface area contributed by atoms with Gasteiger partial charge in [0.05, 0.1) is 11.6 Å². The Morgan fingerprint density at radius 2 is 1.83 bits per heavy atom. The van der Waals surface area contributed by atoms with Crippen LogP contribution in [0.25, 0.3) is 10.4 Å². The van der Waals surface area contributed by atoms with Crippen LogP contribution in [0.1, 0.15) is 41.0 Å². The van der Waals surface area contributed by atoms with Crippen molar-refractivity contribution >= 4 is 8.32 Å². The molecule has 0 saturated heterocycles. The van der Waals surface area contributed by atoms with Crippen LogP contribution in [-0.4, -0.2) is 31.7 Å². The van der Waals surface area contributed by atoms with Crippen LogP contribution in [0, 0.1) is 0 Å². The number of aliphatic hydroxyl groups is 1. The Balaban J connectivity index is 4.80. The van der Waals surface area contributed by atoms with Gasteiger partial charge in [0.15, 0.2) is 8.32 Å². The van der Waals surface area contributed by atoms with Crippen LogP contribution in [0.5, 0.6) is 0 Å². The molecule has 0 bridgehead atoms. The summed E-state index contributed by atoms with van der Waals surface area (Å²) in [5.41, 5.74) is 7.57. The average Bonchev–Trinajstić information content (AvgIpc) is 2.22. The molecule has 0 saturated carbocycles. The summed E-state index contributed by atoms with van der Waals surface area (Å²) in [4.78, 5) is 2.81. The lowest BCUT2D eigenvalue weighted by atomic mass is 9.95. The maximum atomic E-state index is 10.2. The van der Waals surface area contributed by atoms with Crippen molar-refractivity contribution in [3.05, 3.63) is 10.4 Å². The third kappa shape index (κ3) is 4.61. The summed E-state index contributed by atoms with van der Waals surface area (Å²) in [6, 6.07) is -0.540. The van der Waals surface area contributed by atoms with Crippen molar-refractivity contribution in [2.45, 2.75) is 70.8 Å². The molecular formula is C12H27N3O2Si. The fourth-order valence-corrected chi connectivity index (χ4v) is 2.15. The Hall–Kier alpha value is -0.553. The van der Waals surface area contributed by atoms with Crippen molar-refractivity contribution in [3.8, 4) is 0 Å². The molecule has 0 spiro atoms. The second-order valence-electron chi connectivity index (χ2n) is 6.50. The first-order chi connectivity index (χ1) is 7.98. The van der Waals surface area contributed by atoms with E-state index in [0.717, 1.165) is 0 Å². The van der Waals surface area contributed by atoms with Crippen molar-refractivity contribution in [1.29, 1.82) is 0 Å². The molecule has 0 aliphatic carbocycles. The molecule has 0 aliphatic heterocycles. The highest BCUT2D eigenvalue weighted by Crippen LogP contribution is 2.37. The van der Waals surface area contributed by atoms with Gasteiger partial charge in [-0.25, -0.2) is 0 Å². The van der Waals surface area contributed by atoms with E-state index >= 15 is 0 Å². The lowest BCUT2D eigenvalue weighted by molar-refractivity contribution is 0.0119. The van der Waals surface area contributed by atoms with E-state index in [2.05, 4.69) is 43.9 Å². The Morgan fingerprint density at radius 3 is 2.17 bits per heavy atom. The molecule has 2 atom stereocenters. The zero-order valence-corrected chi connectivity index (χ0v) is 13.7. The summed E-state index contributed by atoms with van der Waals surface area (Å²) < 4.78 is 6.01. The quantitative estimate of drug-likeness (QED) is 0.345. The molecule has 106 valence electrons. The third-order valence-electron chi connectivity index (χ3n) is 4.03. The summed E-state index contributed by atoms with van der Waals surface area (Å²) in [6.07, 6.45) is 0.525. The van der Waals surface area contributed by atoms with Crippen molar-refractivity contribution in [1.82, 2.24) is 0 Å². The van der Waals surface area contributed by atoms with Crippen LogP contribution < -0.4 is 0 Å². The smallest absolute Gasteiger partial charge is 0.191 e. The Labute approximate surface area is 111 Å². The van der Waals surface area contributed by atoms with E-state index in [9.17, 15) is 5.11 Å². The van der Waals surface area contributed by atoms with Crippen LogP contribution in [0.3, 0.4) is 0 Å². The number of azide groups is 1. The van der Waals surface area contributed by atoms with Crippen LogP contribution >= 0.6 is 0 Å². The summed E-state index contributed by atoms with van der Waals surface area (Å²) in [5, 5.41) is 14.0. The van der Waals surface area contributed by atoms with E-state index in [-0.39, 0.29) is 11.6 Å². The standard InChI is InChI=1S/C12H27N3O2Si/c1-8-12(5,16)10(14-15-13)9-17-18(6,7)11(2,3)4/h10,16H,8-9H2,1-7H3/t10-,12-/m1/s1. The fourth-order valence-electron chi connectivity index (χ4n) is 1.14. The zero-order chi connectivity index (χ0) is 14.6. The van der Waals surface area contributed by atoms with Crippen LogP contribution in [0.15, 0.2) is 5.11 Å². The van der Waals surface area contributed by atoms with Gasteiger partial charge in [-0.2, -0.15) is 0 Å². The van der Waals surface area contributed by atoms with Gasteiger partial charge in [-0.05, 0) is 37.0 Å². The minimum absolute atomic E-state index is 0.103. The SMILES string of the molecule is CC[C@@](C)(O)[C@@H](CO[Si](C)(C)C(C)(C)C)N=[N+]=[N-]. The molecule has 0 radical (unpaired) electrons. The van der Waals surface area contributed by atoms with E-state index in [4.69, 9.17) is 9.96 Å². The van der Waals surface area contributed by atoms with Crippen molar-refractivity contribution < 1.29 is 9.53 Å². The maximum absolute atomic E-state index is 10.2. The molecule has 0 aromatic heterocycles. The number of rotatable bonds is 6. The van der Waals surface area contributed by atoms with Gasteiger partial charge in [0.2, 0.25) is 0 Å². The molecule has 0 amide bonds. The normalized spacial score (nSPS) is 17.8. The molecule has 5 nitrogen and oxygen atoms in total. The molecule has 0 aliphatic rings. The molecule has 0 heterocycles. The third-order valence-corrected chi connectivity index (χ3v) is 8.53. The minimum Gasteiger partial charge on any atom is -0.416 e. The van der Waals surface area contributed by atoms with E-state index in [1.807, 2.05) is 6.92 Å². The average molecular weight is 273 g/mol. The van der Waals surface area contributed by atoms with Crippen molar-refractivity contribution in [2.75, 3.05) is 6.61 Å². The van der Waals surface area contributed by atoms with E-state index in [0.29, 0.717) is 6.42 Å². The van der Waals surface area contributed by atoms with E-state index < -0.39 is 20.0 Å². The zero-order valence-electron chi connectivity index (χ0n) is 12.7. The first-order valence-corrected chi connectivity index (χ1v) is 9.29. The highest BCUT2D eigenvalue weighted by molar-refractivity contribution is 6.74. The molecule has 0 fully saturated rings. The van der Waals surface area contributed by atoms with Crippen LogP contribution in [0.4, 0.5) is 0 Å². The van der Waals surface area contributed by atoms with Gasteiger partial charge >= 0.3 is 0 Å². The number of hydrogen-bond acceptors (Lipinski definition) is 3. The molecule has 18 heavy (non-hydrogen) atoms. The molecule has 0 aromatic carbocycles. The second kappa shape index (κ2) is 6.06. The summed E-state index contributed by atoms with van der Waals surface area (Å²) in [5.74, 6) is 0. The number of hydrogen-bond donors (Lipinski definition) is 1. The van der Waals surface area contributed by atoms with Crippen molar-refractivity contribution in [3.63, 3.8) is 0 Å². The molecule has 0 unspecified atom stereocenters. The van der Waals surface area contributed by atoms with Crippen LogP contribution in [0.2, 0.25) is 18.1 Å². The molecule has 0 aromatic rings. The second-order valence-corrected chi connectivity index (χ2v) is 11.3. The Kier molecular flexibility index (Phi) is 5.87. The largest absolute Gasteiger partial charge is 0.416 e. The van der Waals surface area contributed by atoms with Gasteiger partial charge in [0.1, 0.15) is 0 Å². The van der Waals surface area contributed by atoms with E-state index in [1.54, 1.807) is 6.92 Å². The molecule has 0 rings (SSSR count). The maximum Gasteiger partial charge on any atom is 0.191 e. The molecule has 6 heteroatoms. The van der Waals surface area contributed by atoms with Gasteiger partial charge in [-0.3, -0.25) is 0 Å². The predicted molar refractivity (Wildman–Crippen MR) is 77.0 cm³/mol. The first kappa shape index (κ1) is 17.4. The fraction of sp³-hybridized carbons (Fsp3) is 1.00. The van der Waals surface area contributed by atoms with Gasteiger partial charge in [0.25, 0.3) is 0 Å². The Bertz CT molecular complexity index is 318. The Morgan fingerprint density at radius 1 is 1.33 bits per heavy atom. The summed E-state index contributed by atoms with van der Waals surface area (Å²) in [7, 11) is -1.88. The first-order valence-electron chi connectivity index (χ1n) is 6.38. The highest BCUT2D eigenvalue weighted by Gasteiger charge is 2.39. The van der Waals surface area contributed by atoms with Gasteiger partial charge in [-0.1, -0.05) is 32.8 Å². The lowest BCUT2D eigenvalue weighted by Gasteiger charge is -2.38. The lowest BCUT2D eigenvalue weighted by Crippen LogP contribution is -2.47. The van der Waals surface area contributed by atoms with E-state index in [1.165, 1.54) is 0 Å². The summed E-state index contributed by atoms with van der Waals surface area (Å²) >= 11 is 0. The van der Waals surface area contributed by atoms with Gasteiger partial charge in [0, 0.05) is 11.5 Å². The summed E-state index contributed by atoms with van der Waals surface area (Å²) in [6.45, 7) is 14.6. The number of nitrogens with zero attached hydrogens (tertiary/aromatic N) is 3. The van der Waals surface area contributed by atoms with Gasteiger partial charge in [-0.15, -0.1) is 0 Å². The predicted octanol–water partition coefficient (Wildman–Crippen LogP) is 3.85. The van der Waals surface area contributed by atoms with Crippen molar-refractivity contribution in [2.24, 2.45) is 5.11 Å². The van der Waals surface area contributed by atoms with Gasteiger partial charge < -0.3 is 9.53 Å². The highest BCUT2D eigenvalue weighted by atomic mass is 28.4. The molecule has 1 N–H and O–H groups in total. The topological polar surface area (TPSA) is 78.2 Å². The monoisotopic (exact) mass is 273 g/mol. The van der Waals surface area contributed by atoms with Crippen LogP contribution in [-0.2, 0) is 4.43 Å².